The summed E-state index contributed by atoms with van der Waals surface area (Å²) in [6, 6.07) is 11.5. The average Bonchev–Trinajstić information content (AvgIpc) is 2.41. The summed E-state index contributed by atoms with van der Waals surface area (Å²) in [5, 5.41) is 3.20. The number of nitrogens with zero attached hydrogens (tertiary/aromatic N) is 1. The van der Waals surface area contributed by atoms with E-state index in [1.807, 2.05) is 19.1 Å². The van der Waals surface area contributed by atoms with E-state index in [-0.39, 0.29) is 10.9 Å². The fourth-order valence-corrected chi connectivity index (χ4v) is 3.04. The highest BCUT2D eigenvalue weighted by molar-refractivity contribution is 7.90. The quantitative estimate of drug-likeness (QED) is 0.923. The van der Waals surface area contributed by atoms with E-state index in [0.29, 0.717) is 5.82 Å². The van der Waals surface area contributed by atoms with Crippen molar-refractivity contribution in [2.75, 3.05) is 11.6 Å². The summed E-state index contributed by atoms with van der Waals surface area (Å²) in [6.45, 7) is 4.10. The largest absolute Gasteiger partial charge is 0.366 e. The van der Waals surface area contributed by atoms with Crippen molar-refractivity contribution in [2.45, 2.75) is 31.2 Å². The molecular formula is C16H20N2O2S. The van der Waals surface area contributed by atoms with Gasteiger partial charge in [0.1, 0.15) is 10.7 Å². The number of hydrogen-bond acceptors (Lipinski definition) is 4. The van der Waals surface area contributed by atoms with E-state index in [1.54, 1.807) is 18.3 Å². The molecule has 21 heavy (non-hydrogen) atoms. The molecule has 2 aromatic rings. The van der Waals surface area contributed by atoms with Crippen molar-refractivity contribution in [2.24, 2.45) is 0 Å². The van der Waals surface area contributed by atoms with Crippen molar-refractivity contribution in [1.82, 2.24) is 4.98 Å². The Morgan fingerprint density at radius 1 is 1.19 bits per heavy atom. The molecule has 0 saturated carbocycles. The van der Waals surface area contributed by atoms with Gasteiger partial charge in [-0.15, -0.1) is 0 Å². The first kappa shape index (κ1) is 15.5. The summed E-state index contributed by atoms with van der Waals surface area (Å²) < 4.78 is 23.5. The molecular weight excluding hydrogens is 284 g/mol. The first-order valence-corrected chi connectivity index (χ1v) is 8.73. The molecule has 2 rings (SSSR count). The Morgan fingerprint density at radius 2 is 1.90 bits per heavy atom. The highest BCUT2D eigenvalue weighted by Crippen LogP contribution is 2.20. The minimum absolute atomic E-state index is 0.0847. The van der Waals surface area contributed by atoms with Gasteiger partial charge in [-0.3, -0.25) is 0 Å². The summed E-state index contributed by atoms with van der Waals surface area (Å²) in [6.07, 6.45) is 3.60. The van der Waals surface area contributed by atoms with Gasteiger partial charge >= 0.3 is 0 Å². The van der Waals surface area contributed by atoms with E-state index in [4.69, 9.17) is 0 Å². The number of nitrogens with one attached hydrogen (secondary N) is 1. The van der Waals surface area contributed by atoms with Gasteiger partial charge in [0.2, 0.25) is 0 Å². The highest BCUT2D eigenvalue weighted by atomic mass is 32.2. The first-order valence-electron chi connectivity index (χ1n) is 6.84. The molecule has 112 valence electrons. The molecule has 1 N–H and O–H groups in total. The summed E-state index contributed by atoms with van der Waals surface area (Å²) in [7, 11) is -3.29. The molecule has 1 unspecified atom stereocenters. The number of pyridine rings is 1. The van der Waals surface area contributed by atoms with Crippen molar-refractivity contribution in [3.63, 3.8) is 0 Å². The lowest BCUT2D eigenvalue weighted by atomic mass is 10.0. The van der Waals surface area contributed by atoms with Crippen molar-refractivity contribution >= 4 is 15.7 Å². The maximum Gasteiger partial charge on any atom is 0.179 e. The molecule has 1 aromatic heterocycles. The summed E-state index contributed by atoms with van der Waals surface area (Å²) in [5.74, 6) is 0.418. The fraction of sp³-hybridized carbons (Fsp3) is 0.312. The van der Waals surface area contributed by atoms with Gasteiger partial charge in [0.15, 0.2) is 9.84 Å². The molecule has 0 spiro atoms. The summed E-state index contributed by atoms with van der Waals surface area (Å²) >= 11 is 0. The van der Waals surface area contributed by atoms with Crippen LogP contribution in [0.15, 0.2) is 47.5 Å². The molecule has 0 aliphatic carbocycles. The molecule has 0 bridgehead atoms. The topological polar surface area (TPSA) is 59.1 Å². The minimum atomic E-state index is -3.29. The van der Waals surface area contributed by atoms with Gasteiger partial charge in [0.25, 0.3) is 0 Å². The third-order valence-electron chi connectivity index (χ3n) is 3.34. The number of sulfone groups is 1. The Morgan fingerprint density at radius 3 is 2.57 bits per heavy atom. The van der Waals surface area contributed by atoms with E-state index in [2.05, 4.69) is 29.4 Å². The molecule has 0 amide bonds. The van der Waals surface area contributed by atoms with E-state index in [9.17, 15) is 8.42 Å². The number of hydrogen-bond donors (Lipinski definition) is 1. The van der Waals surface area contributed by atoms with Crippen LogP contribution < -0.4 is 5.32 Å². The molecule has 0 radical (unpaired) electrons. The van der Waals surface area contributed by atoms with Crippen LogP contribution in [0.3, 0.4) is 0 Å². The normalized spacial score (nSPS) is 12.9. The molecule has 0 aliphatic rings. The molecule has 1 aromatic carbocycles. The molecule has 0 aliphatic heterocycles. The van der Waals surface area contributed by atoms with Crippen LogP contribution in [-0.2, 0) is 16.3 Å². The van der Waals surface area contributed by atoms with Gasteiger partial charge in [0, 0.05) is 18.5 Å². The Bertz CT molecular complexity index is 727. The lowest BCUT2D eigenvalue weighted by molar-refractivity contribution is 0.601. The van der Waals surface area contributed by atoms with E-state index in [1.165, 1.54) is 17.4 Å². The Kier molecular flexibility index (Phi) is 4.63. The zero-order chi connectivity index (χ0) is 15.5. The van der Waals surface area contributed by atoms with Crippen LogP contribution >= 0.6 is 0 Å². The number of anilines is 1. The highest BCUT2D eigenvalue weighted by Gasteiger charge is 2.15. The second kappa shape index (κ2) is 6.26. The molecule has 4 nitrogen and oxygen atoms in total. The SMILES string of the molecule is Cc1ccccc1CC(C)Nc1ncccc1S(C)(=O)=O. The van der Waals surface area contributed by atoms with Gasteiger partial charge in [-0.1, -0.05) is 24.3 Å². The summed E-state index contributed by atoms with van der Waals surface area (Å²) in [4.78, 5) is 4.40. The van der Waals surface area contributed by atoms with E-state index < -0.39 is 9.84 Å². The van der Waals surface area contributed by atoms with Crippen LogP contribution in [0.5, 0.6) is 0 Å². The molecule has 0 fully saturated rings. The van der Waals surface area contributed by atoms with Crippen LogP contribution in [0.25, 0.3) is 0 Å². The second-order valence-corrected chi connectivity index (χ2v) is 7.28. The van der Waals surface area contributed by atoms with Crippen LogP contribution in [0.2, 0.25) is 0 Å². The number of rotatable bonds is 5. The summed E-state index contributed by atoms with van der Waals surface area (Å²) in [5.41, 5.74) is 2.48. The third kappa shape index (κ3) is 4.04. The zero-order valence-electron chi connectivity index (χ0n) is 12.5. The van der Waals surface area contributed by atoms with E-state index in [0.717, 1.165) is 6.42 Å². The Hall–Kier alpha value is -1.88. The number of benzene rings is 1. The van der Waals surface area contributed by atoms with Gasteiger partial charge < -0.3 is 5.32 Å². The predicted molar refractivity (Wildman–Crippen MR) is 85.3 cm³/mol. The Balaban J connectivity index is 2.18. The maximum atomic E-state index is 11.8. The lowest BCUT2D eigenvalue weighted by Crippen LogP contribution is -2.21. The number of aromatic nitrogens is 1. The van der Waals surface area contributed by atoms with Crippen molar-refractivity contribution in [3.05, 3.63) is 53.7 Å². The lowest BCUT2D eigenvalue weighted by Gasteiger charge is -2.17. The first-order chi connectivity index (χ1) is 9.88. The molecule has 5 heteroatoms. The van der Waals surface area contributed by atoms with Crippen LogP contribution in [0.1, 0.15) is 18.1 Å². The average molecular weight is 304 g/mol. The van der Waals surface area contributed by atoms with Crippen molar-refractivity contribution < 1.29 is 8.42 Å². The van der Waals surface area contributed by atoms with Crippen molar-refractivity contribution in [1.29, 1.82) is 0 Å². The van der Waals surface area contributed by atoms with Gasteiger partial charge in [-0.05, 0) is 43.5 Å². The van der Waals surface area contributed by atoms with E-state index >= 15 is 0 Å². The molecule has 1 heterocycles. The zero-order valence-corrected chi connectivity index (χ0v) is 13.3. The standard InChI is InChI=1S/C16H20N2O2S/c1-12-7-4-5-8-14(12)11-13(2)18-16-15(21(3,19)20)9-6-10-17-16/h4-10,13H,11H2,1-3H3,(H,17,18). The third-order valence-corrected chi connectivity index (χ3v) is 4.47. The Labute approximate surface area is 126 Å². The van der Waals surface area contributed by atoms with Gasteiger partial charge in [-0.2, -0.15) is 0 Å². The van der Waals surface area contributed by atoms with Crippen molar-refractivity contribution in [3.8, 4) is 0 Å². The number of aryl methyl sites for hydroxylation is 1. The van der Waals surface area contributed by atoms with Crippen LogP contribution in [-0.4, -0.2) is 25.7 Å². The monoisotopic (exact) mass is 304 g/mol. The minimum Gasteiger partial charge on any atom is -0.366 e. The van der Waals surface area contributed by atoms with Crippen LogP contribution in [0.4, 0.5) is 5.82 Å². The van der Waals surface area contributed by atoms with Gasteiger partial charge in [-0.25, -0.2) is 13.4 Å². The van der Waals surface area contributed by atoms with Gasteiger partial charge in [0.05, 0.1) is 0 Å². The fourth-order valence-electron chi connectivity index (χ4n) is 2.25. The molecule has 1 atom stereocenters. The smallest absolute Gasteiger partial charge is 0.179 e. The predicted octanol–water partition coefficient (Wildman–Crippen LogP) is 2.84. The maximum absolute atomic E-state index is 11.8. The second-order valence-electron chi connectivity index (χ2n) is 5.30. The van der Waals surface area contributed by atoms with Crippen LogP contribution in [0, 0.1) is 6.92 Å². The molecule has 0 saturated heterocycles.